The molecule has 0 aliphatic heterocycles. The van der Waals surface area contributed by atoms with Gasteiger partial charge in [-0.3, -0.25) is 4.79 Å². The Morgan fingerprint density at radius 1 is 1.47 bits per heavy atom. The number of carbonyl (C=O) groups excluding carboxylic acids is 1. The Morgan fingerprint density at radius 3 is 3.00 bits per heavy atom. The lowest BCUT2D eigenvalue weighted by Crippen LogP contribution is -2.48. The molecule has 15 heavy (non-hydrogen) atoms. The van der Waals surface area contributed by atoms with Gasteiger partial charge in [0.2, 0.25) is 0 Å². The molecule has 2 heteroatoms. The molecular formula is C13H22O2. The van der Waals surface area contributed by atoms with E-state index in [9.17, 15) is 9.90 Å². The number of hydrogen-bond acceptors (Lipinski definition) is 2. The van der Waals surface area contributed by atoms with Gasteiger partial charge in [-0.1, -0.05) is 19.8 Å². The van der Waals surface area contributed by atoms with Gasteiger partial charge in [-0.2, -0.15) is 0 Å². The van der Waals surface area contributed by atoms with Crippen molar-refractivity contribution < 1.29 is 9.90 Å². The van der Waals surface area contributed by atoms with Crippen LogP contribution in [0, 0.1) is 11.3 Å². The Labute approximate surface area is 92.1 Å². The zero-order chi connectivity index (χ0) is 10.9. The molecular weight excluding hydrogens is 188 g/mol. The standard InChI is InChI=1S/C13H22O2/c1-2-7-13-8-6-11(14)9-10(13)4-3-5-12(13)15/h10,12,15H,2-9H2,1H3/t10-,12-,13-/m1/s1. The van der Waals surface area contributed by atoms with E-state index in [1.165, 1.54) is 0 Å². The molecule has 0 bridgehead atoms. The maximum atomic E-state index is 11.5. The molecule has 0 aromatic rings. The number of hydrogen-bond donors (Lipinski definition) is 1. The van der Waals surface area contributed by atoms with Gasteiger partial charge in [0.05, 0.1) is 6.10 Å². The first-order valence-corrected chi connectivity index (χ1v) is 6.39. The summed E-state index contributed by atoms with van der Waals surface area (Å²) in [5.74, 6) is 0.892. The summed E-state index contributed by atoms with van der Waals surface area (Å²) in [7, 11) is 0. The molecule has 0 aromatic carbocycles. The quantitative estimate of drug-likeness (QED) is 0.761. The molecule has 2 aliphatic carbocycles. The van der Waals surface area contributed by atoms with E-state index in [-0.39, 0.29) is 11.5 Å². The highest BCUT2D eigenvalue weighted by Crippen LogP contribution is 2.52. The lowest BCUT2D eigenvalue weighted by Gasteiger charge is -2.50. The van der Waals surface area contributed by atoms with Crippen molar-refractivity contribution in [1.29, 1.82) is 0 Å². The van der Waals surface area contributed by atoms with E-state index in [1.807, 2.05) is 0 Å². The summed E-state index contributed by atoms with van der Waals surface area (Å²) < 4.78 is 0. The van der Waals surface area contributed by atoms with E-state index < -0.39 is 0 Å². The Bertz CT molecular complexity index is 249. The number of fused-ring (bicyclic) bond motifs is 1. The van der Waals surface area contributed by atoms with E-state index >= 15 is 0 Å². The van der Waals surface area contributed by atoms with Crippen LogP contribution in [0.3, 0.4) is 0 Å². The Hall–Kier alpha value is -0.370. The van der Waals surface area contributed by atoms with Gasteiger partial charge in [0.1, 0.15) is 5.78 Å². The molecule has 3 atom stereocenters. The first kappa shape index (κ1) is 11.1. The second-order valence-corrected chi connectivity index (χ2v) is 5.37. The van der Waals surface area contributed by atoms with Crippen molar-refractivity contribution in [2.45, 2.75) is 64.4 Å². The van der Waals surface area contributed by atoms with Gasteiger partial charge in [-0.15, -0.1) is 0 Å². The molecule has 0 heterocycles. The van der Waals surface area contributed by atoms with Crippen LogP contribution >= 0.6 is 0 Å². The molecule has 0 unspecified atom stereocenters. The van der Waals surface area contributed by atoms with E-state index in [4.69, 9.17) is 0 Å². The van der Waals surface area contributed by atoms with Crippen LogP contribution in [-0.2, 0) is 4.79 Å². The van der Waals surface area contributed by atoms with Crippen molar-refractivity contribution in [2.75, 3.05) is 0 Å². The molecule has 2 aliphatic rings. The maximum absolute atomic E-state index is 11.5. The number of aliphatic hydroxyl groups excluding tert-OH is 1. The minimum atomic E-state index is -0.149. The van der Waals surface area contributed by atoms with E-state index in [0.717, 1.165) is 44.9 Å². The van der Waals surface area contributed by atoms with Crippen LogP contribution < -0.4 is 0 Å². The van der Waals surface area contributed by atoms with Crippen LogP contribution in [0.2, 0.25) is 0 Å². The van der Waals surface area contributed by atoms with Gasteiger partial charge in [-0.25, -0.2) is 0 Å². The van der Waals surface area contributed by atoms with Gasteiger partial charge in [0.15, 0.2) is 0 Å². The van der Waals surface area contributed by atoms with Crippen LogP contribution in [-0.4, -0.2) is 17.0 Å². The average molecular weight is 210 g/mol. The minimum absolute atomic E-state index is 0.0981. The third-order valence-electron chi connectivity index (χ3n) is 4.57. The molecule has 2 rings (SSSR count). The third kappa shape index (κ3) is 1.84. The van der Waals surface area contributed by atoms with Crippen molar-refractivity contribution >= 4 is 5.78 Å². The Balaban J connectivity index is 2.20. The Kier molecular flexibility index (Phi) is 3.15. The van der Waals surface area contributed by atoms with E-state index in [0.29, 0.717) is 18.1 Å². The van der Waals surface area contributed by atoms with Gasteiger partial charge < -0.3 is 5.11 Å². The largest absolute Gasteiger partial charge is 0.393 e. The molecule has 0 saturated heterocycles. The smallest absolute Gasteiger partial charge is 0.133 e. The number of ketones is 1. The van der Waals surface area contributed by atoms with E-state index in [2.05, 4.69) is 6.92 Å². The van der Waals surface area contributed by atoms with Crippen LogP contribution in [0.25, 0.3) is 0 Å². The fourth-order valence-electron chi connectivity index (χ4n) is 3.79. The molecule has 0 amide bonds. The molecule has 2 nitrogen and oxygen atoms in total. The second-order valence-electron chi connectivity index (χ2n) is 5.37. The normalized spacial score (nSPS) is 41.3. The molecule has 2 fully saturated rings. The fraction of sp³-hybridized carbons (Fsp3) is 0.923. The highest BCUT2D eigenvalue weighted by Gasteiger charge is 2.48. The van der Waals surface area contributed by atoms with Gasteiger partial charge in [0.25, 0.3) is 0 Å². The van der Waals surface area contributed by atoms with Crippen LogP contribution in [0.5, 0.6) is 0 Å². The average Bonchev–Trinajstić information content (AvgIpc) is 2.21. The highest BCUT2D eigenvalue weighted by atomic mass is 16.3. The lowest BCUT2D eigenvalue weighted by atomic mass is 9.56. The van der Waals surface area contributed by atoms with Crippen LogP contribution in [0.15, 0.2) is 0 Å². The topological polar surface area (TPSA) is 37.3 Å². The SMILES string of the molecule is CCC[C@@]12CCC(=O)C[C@H]1CCC[C@H]2O. The predicted molar refractivity (Wildman–Crippen MR) is 59.5 cm³/mol. The molecule has 1 N–H and O–H groups in total. The van der Waals surface area contributed by atoms with Gasteiger partial charge in [0, 0.05) is 12.8 Å². The van der Waals surface area contributed by atoms with Crippen molar-refractivity contribution in [3.05, 3.63) is 0 Å². The molecule has 2 saturated carbocycles. The number of carbonyl (C=O) groups is 1. The summed E-state index contributed by atoms with van der Waals surface area (Å²) in [5.41, 5.74) is 0.0981. The van der Waals surface area contributed by atoms with Gasteiger partial charge in [-0.05, 0) is 37.0 Å². The zero-order valence-corrected chi connectivity index (χ0v) is 9.67. The number of rotatable bonds is 2. The van der Waals surface area contributed by atoms with E-state index in [1.54, 1.807) is 0 Å². The first-order valence-electron chi connectivity index (χ1n) is 6.39. The Morgan fingerprint density at radius 2 is 2.27 bits per heavy atom. The maximum Gasteiger partial charge on any atom is 0.133 e. The second kappa shape index (κ2) is 4.25. The molecule has 86 valence electrons. The molecule has 0 spiro atoms. The summed E-state index contributed by atoms with van der Waals surface area (Å²) in [6.07, 6.45) is 7.66. The monoisotopic (exact) mass is 210 g/mol. The highest BCUT2D eigenvalue weighted by molar-refractivity contribution is 5.79. The molecule has 0 aromatic heterocycles. The van der Waals surface area contributed by atoms with Crippen molar-refractivity contribution in [2.24, 2.45) is 11.3 Å². The first-order chi connectivity index (χ1) is 7.19. The molecule has 0 radical (unpaired) electrons. The minimum Gasteiger partial charge on any atom is -0.393 e. The fourth-order valence-corrected chi connectivity index (χ4v) is 3.79. The number of Topliss-reactive ketones (excluding diaryl/α,β-unsaturated/α-hetero) is 1. The summed E-state index contributed by atoms with van der Waals surface area (Å²) >= 11 is 0. The number of aliphatic hydroxyl groups is 1. The van der Waals surface area contributed by atoms with Crippen molar-refractivity contribution in [3.63, 3.8) is 0 Å². The summed E-state index contributed by atoms with van der Waals surface area (Å²) in [6, 6.07) is 0. The van der Waals surface area contributed by atoms with Crippen LogP contribution in [0.1, 0.15) is 58.3 Å². The summed E-state index contributed by atoms with van der Waals surface area (Å²) in [5, 5.41) is 10.3. The van der Waals surface area contributed by atoms with Crippen molar-refractivity contribution in [3.8, 4) is 0 Å². The zero-order valence-electron chi connectivity index (χ0n) is 9.67. The van der Waals surface area contributed by atoms with Crippen LogP contribution in [0.4, 0.5) is 0 Å². The van der Waals surface area contributed by atoms with Crippen molar-refractivity contribution in [1.82, 2.24) is 0 Å². The lowest BCUT2D eigenvalue weighted by molar-refractivity contribution is -0.135. The summed E-state index contributed by atoms with van der Waals surface area (Å²) in [6.45, 7) is 2.18. The predicted octanol–water partition coefficient (Wildman–Crippen LogP) is 2.69. The summed E-state index contributed by atoms with van der Waals surface area (Å²) in [4.78, 5) is 11.5. The van der Waals surface area contributed by atoms with Gasteiger partial charge >= 0.3 is 0 Å². The third-order valence-corrected chi connectivity index (χ3v) is 4.57.